The van der Waals surface area contributed by atoms with Gasteiger partial charge in [0.25, 0.3) is 0 Å². The van der Waals surface area contributed by atoms with Crippen LogP contribution in [0.4, 0.5) is 0 Å². The number of ether oxygens (including phenoxy) is 2. The van der Waals surface area contributed by atoms with Crippen molar-refractivity contribution in [2.75, 3.05) is 13.3 Å². The van der Waals surface area contributed by atoms with Crippen LogP contribution in [0.3, 0.4) is 0 Å². The van der Waals surface area contributed by atoms with E-state index in [-0.39, 0.29) is 6.04 Å². The summed E-state index contributed by atoms with van der Waals surface area (Å²) in [5, 5.41) is 3.52. The Bertz CT molecular complexity index is 636. The number of aromatic amines is 1. The first-order chi connectivity index (χ1) is 9.31. The van der Waals surface area contributed by atoms with Crippen LogP contribution < -0.4 is 14.8 Å². The molecule has 4 rings (SSSR count). The van der Waals surface area contributed by atoms with E-state index in [1.54, 1.807) is 0 Å². The van der Waals surface area contributed by atoms with Crippen molar-refractivity contribution < 1.29 is 9.47 Å². The Morgan fingerprint density at radius 1 is 1.26 bits per heavy atom. The Morgan fingerprint density at radius 2 is 2.16 bits per heavy atom. The molecule has 3 heterocycles. The van der Waals surface area contributed by atoms with E-state index < -0.39 is 0 Å². The van der Waals surface area contributed by atoms with Gasteiger partial charge in [-0.2, -0.15) is 0 Å². The van der Waals surface area contributed by atoms with Gasteiger partial charge < -0.3 is 19.8 Å². The van der Waals surface area contributed by atoms with E-state index in [1.807, 2.05) is 19.1 Å². The molecule has 0 radical (unpaired) electrons. The maximum atomic E-state index is 5.44. The minimum Gasteiger partial charge on any atom is -0.454 e. The van der Waals surface area contributed by atoms with Crippen molar-refractivity contribution in [1.29, 1.82) is 0 Å². The lowest BCUT2D eigenvalue weighted by atomic mass is 9.98. The molecule has 2 aliphatic rings. The second kappa shape index (κ2) is 3.99. The lowest BCUT2D eigenvalue weighted by molar-refractivity contribution is 0.174. The summed E-state index contributed by atoms with van der Waals surface area (Å²) in [5.74, 6) is 2.61. The lowest BCUT2D eigenvalue weighted by Gasteiger charge is -2.23. The van der Waals surface area contributed by atoms with Gasteiger partial charge in [-0.05, 0) is 24.6 Å². The summed E-state index contributed by atoms with van der Waals surface area (Å²) < 4.78 is 10.8. The van der Waals surface area contributed by atoms with E-state index >= 15 is 0 Å². The molecule has 0 bridgehead atoms. The molecular formula is C14H15N3O2. The monoisotopic (exact) mass is 257 g/mol. The maximum Gasteiger partial charge on any atom is 0.231 e. The Labute approximate surface area is 111 Å². The predicted molar refractivity (Wildman–Crippen MR) is 69.4 cm³/mol. The molecule has 0 amide bonds. The molecule has 0 saturated heterocycles. The number of fused-ring (bicyclic) bond motifs is 2. The zero-order chi connectivity index (χ0) is 12.8. The van der Waals surface area contributed by atoms with E-state index in [1.165, 1.54) is 5.69 Å². The highest BCUT2D eigenvalue weighted by molar-refractivity contribution is 5.47. The third kappa shape index (κ3) is 1.69. The number of benzene rings is 1. The molecule has 5 nitrogen and oxygen atoms in total. The van der Waals surface area contributed by atoms with Crippen LogP contribution >= 0.6 is 0 Å². The molecule has 0 spiro atoms. The van der Waals surface area contributed by atoms with Gasteiger partial charge >= 0.3 is 0 Å². The van der Waals surface area contributed by atoms with Gasteiger partial charge in [0.2, 0.25) is 6.79 Å². The number of aromatic nitrogens is 2. The fraction of sp³-hybridized carbons (Fsp3) is 0.357. The van der Waals surface area contributed by atoms with E-state index in [0.29, 0.717) is 6.79 Å². The lowest BCUT2D eigenvalue weighted by Crippen LogP contribution is -2.30. The standard InChI is InChI=1S/C14H15N3O2/c1-8-16-10-4-5-15-13(14(10)17-8)9-2-3-11-12(6-9)19-7-18-11/h2-3,6,13,15H,4-5,7H2,1H3,(H,16,17). The van der Waals surface area contributed by atoms with Gasteiger partial charge in [0.15, 0.2) is 11.5 Å². The number of nitrogens with zero attached hydrogens (tertiary/aromatic N) is 1. The minimum absolute atomic E-state index is 0.128. The highest BCUT2D eigenvalue weighted by atomic mass is 16.7. The molecule has 1 atom stereocenters. The van der Waals surface area contributed by atoms with Crippen LogP contribution in [-0.4, -0.2) is 23.3 Å². The smallest absolute Gasteiger partial charge is 0.231 e. The van der Waals surface area contributed by atoms with Crippen LogP contribution in [-0.2, 0) is 6.42 Å². The van der Waals surface area contributed by atoms with Crippen molar-refractivity contribution in [3.63, 3.8) is 0 Å². The summed E-state index contributed by atoms with van der Waals surface area (Å²) in [7, 11) is 0. The molecule has 0 fully saturated rings. The van der Waals surface area contributed by atoms with E-state index in [2.05, 4.69) is 21.4 Å². The molecule has 0 aliphatic carbocycles. The molecule has 1 unspecified atom stereocenters. The number of hydrogen-bond donors (Lipinski definition) is 2. The van der Waals surface area contributed by atoms with Crippen LogP contribution in [0.2, 0.25) is 0 Å². The van der Waals surface area contributed by atoms with Crippen molar-refractivity contribution >= 4 is 0 Å². The molecule has 0 saturated carbocycles. The largest absolute Gasteiger partial charge is 0.454 e. The quantitative estimate of drug-likeness (QED) is 0.816. The number of H-pyrrole nitrogens is 1. The van der Waals surface area contributed by atoms with Gasteiger partial charge in [-0.25, -0.2) is 4.98 Å². The molecule has 2 aliphatic heterocycles. The van der Waals surface area contributed by atoms with Crippen LogP contribution in [0.15, 0.2) is 18.2 Å². The first kappa shape index (κ1) is 10.9. The van der Waals surface area contributed by atoms with Crippen LogP contribution in [0.25, 0.3) is 0 Å². The van der Waals surface area contributed by atoms with Crippen molar-refractivity contribution in [2.24, 2.45) is 0 Å². The fourth-order valence-corrected chi connectivity index (χ4v) is 2.79. The van der Waals surface area contributed by atoms with Gasteiger partial charge in [-0.1, -0.05) is 6.07 Å². The van der Waals surface area contributed by atoms with Gasteiger partial charge in [0.05, 0.1) is 11.7 Å². The van der Waals surface area contributed by atoms with Crippen molar-refractivity contribution in [3.05, 3.63) is 41.0 Å². The summed E-state index contributed by atoms with van der Waals surface area (Å²) >= 11 is 0. The summed E-state index contributed by atoms with van der Waals surface area (Å²) in [6, 6.07) is 6.21. The van der Waals surface area contributed by atoms with Gasteiger partial charge in [0.1, 0.15) is 5.82 Å². The Morgan fingerprint density at radius 3 is 3.11 bits per heavy atom. The van der Waals surface area contributed by atoms with Crippen LogP contribution in [0.1, 0.15) is 28.8 Å². The minimum atomic E-state index is 0.128. The molecule has 1 aromatic heterocycles. The van der Waals surface area contributed by atoms with Gasteiger partial charge in [0, 0.05) is 18.7 Å². The maximum absolute atomic E-state index is 5.44. The highest BCUT2D eigenvalue weighted by Crippen LogP contribution is 2.36. The second-order valence-electron chi connectivity index (χ2n) is 4.94. The number of rotatable bonds is 1. The third-order valence-electron chi connectivity index (χ3n) is 3.66. The van der Waals surface area contributed by atoms with E-state index in [4.69, 9.17) is 9.47 Å². The number of aryl methyl sites for hydroxylation is 1. The molecule has 19 heavy (non-hydrogen) atoms. The van der Waals surface area contributed by atoms with Crippen molar-refractivity contribution in [3.8, 4) is 11.5 Å². The van der Waals surface area contributed by atoms with E-state index in [0.717, 1.165) is 41.5 Å². The molecular weight excluding hydrogens is 242 g/mol. The third-order valence-corrected chi connectivity index (χ3v) is 3.66. The first-order valence-electron chi connectivity index (χ1n) is 6.49. The average molecular weight is 257 g/mol. The van der Waals surface area contributed by atoms with Crippen molar-refractivity contribution in [2.45, 2.75) is 19.4 Å². The van der Waals surface area contributed by atoms with Gasteiger partial charge in [-0.3, -0.25) is 0 Å². The Hall–Kier alpha value is -2.01. The SMILES string of the molecule is Cc1nc2c([nH]1)CCNC2c1ccc2c(c1)OCO2. The van der Waals surface area contributed by atoms with E-state index in [9.17, 15) is 0 Å². The summed E-state index contributed by atoms with van der Waals surface area (Å²) in [6.45, 7) is 3.26. The summed E-state index contributed by atoms with van der Waals surface area (Å²) in [4.78, 5) is 7.95. The first-order valence-corrected chi connectivity index (χ1v) is 6.49. The Kier molecular flexibility index (Phi) is 2.29. The molecule has 98 valence electrons. The highest BCUT2D eigenvalue weighted by Gasteiger charge is 2.26. The normalized spacial score (nSPS) is 20.4. The number of nitrogens with one attached hydrogen (secondary N) is 2. The topological polar surface area (TPSA) is 59.2 Å². The molecule has 1 aromatic carbocycles. The molecule has 5 heteroatoms. The van der Waals surface area contributed by atoms with Crippen LogP contribution in [0, 0.1) is 6.92 Å². The Balaban J connectivity index is 1.77. The summed E-state index contributed by atoms with van der Waals surface area (Å²) in [6.07, 6.45) is 0.997. The fourth-order valence-electron chi connectivity index (χ4n) is 2.79. The number of hydrogen-bond acceptors (Lipinski definition) is 4. The predicted octanol–water partition coefficient (Wildman–Crippen LogP) is 1.68. The zero-order valence-electron chi connectivity index (χ0n) is 10.7. The zero-order valence-corrected chi connectivity index (χ0v) is 10.7. The molecule has 2 aromatic rings. The van der Waals surface area contributed by atoms with Crippen LogP contribution in [0.5, 0.6) is 11.5 Å². The molecule has 2 N–H and O–H groups in total. The van der Waals surface area contributed by atoms with Gasteiger partial charge in [-0.15, -0.1) is 0 Å². The van der Waals surface area contributed by atoms with Crippen molar-refractivity contribution in [1.82, 2.24) is 15.3 Å². The second-order valence-corrected chi connectivity index (χ2v) is 4.94. The number of imidazole rings is 1. The summed E-state index contributed by atoms with van der Waals surface area (Å²) in [5.41, 5.74) is 3.50. The average Bonchev–Trinajstić information content (AvgIpc) is 3.01.